The topological polar surface area (TPSA) is 221 Å². The molecule has 1 saturated heterocycles. The van der Waals surface area contributed by atoms with E-state index < -0.39 is 7.12 Å². The van der Waals surface area contributed by atoms with Crippen molar-refractivity contribution in [3.8, 4) is 66.8 Å². The van der Waals surface area contributed by atoms with E-state index in [0.29, 0.717) is 31.5 Å². The van der Waals surface area contributed by atoms with Gasteiger partial charge in [-0.15, -0.1) is 57.8 Å². The number of halogens is 6. The van der Waals surface area contributed by atoms with Crippen LogP contribution in [0.1, 0.15) is 51.6 Å². The number of nitrogens with zero attached hydrogens (tertiary/aromatic N) is 1. The number of thiophene rings is 7. The average Bonchev–Trinajstić information content (AvgIpc) is 1.65. The number of aliphatic hydroxyl groups is 2. The van der Waals surface area contributed by atoms with Gasteiger partial charge in [-0.2, -0.15) is 34.0 Å². The van der Waals surface area contributed by atoms with Crippen molar-refractivity contribution in [3.05, 3.63) is 325 Å². The van der Waals surface area contributed by atoms with Crippen molar-refractivity contribution >= 4 is 204 Å². The Labute approximate surface area is 778 Å². The molecule has 2 unspecified atom stereocenters. The van der Waals surface area contributed by atoms with Gasteiger partial charge in [-0.1, -0.05) is 220 Å². The summed E-state index contributed by atoms with van der Waals surface area (Å²) in [6.45, 7) is 5.51. The van der Waals surface area contributed by atoms with Crippen molar-refractivity contribution in [2.75, 3.05) is 73.5 Å². The van der Waals surface area contributed by atoms with Crippen molar-refractivity contribution in [2.24, 2.45) is 21.5 Å². The number of fused-ring (bicyclic) bond motifs is 2. The zero-order valence-corrected chi connectivity index (χ0v) is 79.6. The fourth-order valence-corrected chi connectivity index (χ4v) is 22.5. The van der Waals surface area contributed by atoms with Crippen LogP contribution in [0.2, 0.25) is 0 Å². The van der Waals surface area contributed by atoms with Crippen molar-refractivity contribution < 1.29 is 43.9 Å². The quantitative estimate of drug-likeness (QED) is 0.0196. The second-order valence-electron chi connectivity index (χ2n) is 24.5. The summed E-state index contributed by atoms with van der Waals surface area (Å²) >= 11 is 32.6. The normalized spacial score (nSPS) is 12.7. The van der Waals surface area contributed by atoms with Gasteiger partial charge in [-0.25, -0.2) is 0 Å². The molecule has 0 aliphatic carbocycles. The zero-order chi connectivity index (χ0) is 83.1. The second kappa shape index (κ2) is 60.5. The summed E-state index contributed by atoms with van der Waals surface area (Å²) < 4.78 is 33.7. The van der Waals surface area contributed by atoms with E-state index in [2.05, 4.69) is 263 Å². The Morgan fingerprint density at radius 1 is 0.492 bits per heavy atom. The van der Waals surface area contributed by atoms with Crippen LogP contribution < -0.4 is 22.7 Å². The number of nitrogens with two attached hydrogens (primary N) is 3. The largest absolute Gasteiger partial charge is 0.152 e. The number of rotatable bonds is 16. The summed E-state index contributed by atoms with van der Waals surface area (Å²) in [6.07, 6.45) is 3.38. The van der Waals surface area contributed by atoms with Gasteiger partial charge in [-0.3, -0.25) is 0 Å². The molecule has 10 heterocycles. The van der Waals surface area contributed by atoms with Crippen LogP contribution in [-0.2, 0) is 49.4 Å². The molecule has 17 rings (SSSR count). The maximum absolute atomic E-state index is 9.09. The maximum atomic E-state index is 9.09. The minimum Gasteiger partial charge on any atom is -0.152 e. The number of aliphatic hydroxyl groups excluding tert-OH is 2. The SMILES string of the molecule is Brc1cc(-c2ccccc2)c(Br)s1.Brc1ccsc1.C.C1CO1.COC(CN)OC.Cl.NCC1OCCc2c(-c3ccccc3)csc21.NCC1OCCc2c(-c3ccccc3)csc21.OB(O)c1ccccc1.OCCc1c(Br)sc(Br)c1-c1ccccc1.OCCc1cscc1-c1ccccc1.[B]=NS.c1ccc(-c2ccsc2)cc1. The summed E-state index contributed by atoms with van der Waals surface area (Å²) in [4.78, 5) is 2.63. The predicted molar refractivity (Wildman–Crippen MR) is 531 cm³/mol. The van der Waals surface area contributed by atoms with Crippen LogP contribution in [0.4, 0.5) is 0 Å². The summed E-state index contributed by atoms with van der Waals surface area (Å²) in [6, 6.07) is 77.3. The van der Waals surface area contributed by atoms with E-state index in [-0.39, 0.29) is 51.5 Å². The molecule has 0 saturated carbocycles. The number of hydrogen-bond acceptors (Lipinski definition) is 21. The summed E-state index contributed by atoms with van der Waals surface area (Å²) in [5.74, 6) is 0. The Morgan fingerprint density at radius 3 is 1.25 bits per heavy atom. The molecule has 118 heavy (non-hydrogen) atoms. The molecule has 0 bridgehead atoms. The third-order valence-electron chi connectivity index (χ3n) is 16.8. The molecule has 1 fully saturated rings. The summed E-state index contributed by atoms with van der Waals surface area (Å²) in [5, 5.41) is 52.2. The average molecular weight is 2080 g/mol. The number of epoxide rings is 1. The van der Waals surface area contributed by atoms with Crippen molar-refractivity contribution in [2.45, 2.75) is 51.6 Å². The van der Waals surface area contributed by atoms with Crippen molar-refractivity contribution in [1.29, 1.82) is 0 Å². The molecular weight excluding hydrogens is 1980 g/mol. The summed E-state index contributed by atoms with van der Waals surface area (Å²) in [5.41, 5.74) is 37.7. The van der Waals surface area contributed by atoms with E-state index in [0.717, 1.165) is 57.0 Å². The molecule has 14 aromatic rings. The monoisotopic (exact) mass is 2070 g/mol. The molecule has 13 nitrogen and oxygen atoms in total. The van der Waals surface area contributed by atoms with E-state index in [1.54, 1.807) is 118 Å². The molecule has 623 valence electrons. The number of ether oxygens (including phenoxy) is 5. The first-order chi connectivity index (χ1) is 56.6. The molecule has 2 atom stereocenters. The number of benzene rings is 7. The predicted octanol–water partition coefficient (Wildman–Crippen LogP) is 24.5. The van der Waals surface area contributed by atoms with Crippen LogP contribution >= 0.6 is 184 Å². The van der Waals surface area contributed by atoms with Gasteiger partial charge in [-0.05, 0) is 245 Å². The maximum Gasteiger partial charge on any atom is -0.00147 e. The Balaban J connectivity index is 0.000000237. The first-order valence-corrected chi connectivity index (χ1v) is 47.1. The number of methoxy groups -OCH3 is 2. The van der Waals surface area contributed by atoms with E-state index >= 15 is 0 Å². The standard InChI is InChI=1S/2C14H15NOS.C12H10Br2OS.C12H12OS.C10H6Br2S.C10H8S.C6H7BO2.C4H3BrS.C4H11NO2.C2H4O.CH4.BHNS.ClH/c2*15-8-13-14-11(6-7-16-13)12(9-17-14)10-4-2-1-3-5-10;13-11-9(6-7-15)10(12(14)16-11)8-4-2-1-3-5-8;13-7-6-11-8-14-9-12(11)10-4-2-1-3-5-10;11-9-6-8(10(12)13-9)7-4-2-1-3-5-7;1-2-4-9(5-3-1)10-6-7-11-8-10;8-7(9)6-4-2-1-3-5-6;5-4-1-2-6-3-4;1-6-4(3-5)7-2;1-2-3-1;;1-2-3;/h2*1-5,9,13H,6-8,15H2;1-5,15H,6-7H2;1-5,8-9,13H,6-7H2;1-6H;1-8H;1-5,8-9H;1-3H;4H,3,5H2,1-2H3;1-2H2;1H4;3H;1H. The van der Waals surface area contributed by atoms with Crippen LogP contribution in [0.15, 0.2) is 297 Å². The van der Waals surface area contributed by atoms with Crippen LogP contribution in [0, 0.1) is 0 Å². The molecule has 3 aliphatic heterocycles. The van der Waals surface area contributed by atoms with Crippen molar-refractivity contribution in [3.63, 3.8) is 0 Å². The van der Waals surface area contributed by atoms with Gasteiger partial charge >= 0.3 is 31.9 Å². The minimum absolute atomic E-state index is 0. The first kappa shape index (κ1) is 103. The second-order valence-corrected chi connectivity index (χ2v) is 37.2. The third kappa shape index (κ3) is 35.6. The van der Waals surface area contributed by atoms with Gasteiger partial charge in [0.2, 0.25) is 0 Å². The van der Waals surface area contributed by atoms with Crippen LogP contribution in [-0.4, -0.2) is 115 Å². The number of thiol groups is 1. The van der Waals surface area contributed by atoms with Gasteiger partial charge in [0.05, 0.1) is 41.6 Å². The minimum atomic E-state index is -1.34. The Bertz CT molecular complexity index is 4790. The zero-order valence-electron chi connectivity index (χ0n) is 64.2. The molecule has 7 aromatic heterocycles. The van der Waals surface area contributed by atoms with Crippen LogP contribution in [0.3, 0.4) is 0 Å². The van der Waals surface area contributed by atoms with Crippen molar-refractivity contribution in [1.82, 2.24) is 0 Å². The Morgan fingerprint density at radius 2 is 0.907 bits per heavy atom. The molecule has 7 aromatic carbocycles. The van der Waals surface area contributed by atoms with Gasteiger partial charge in [0.25, 0.3) is 0 Å². The van der Waals surface area contributed by atoms with Gasteiger partial charge in [0, 0.05) is 77.8 Å². The Kier molecular flexibility index (Phi) is 53.0. The molecule has 10 N–H and O–H groups in total. The molecule has 29 heteroatoms. The van der Waals surface area contributed by atoms with Gasteiger partial charge in [0.1, 0.15) is 12.2 Å². The molecule has 3 aliphatic rings. The van der Waals surface area contributed by atoms with Crippen LogP contribution in [0.5, 0.6) is 0 Å². The smallest absolute Gasteiger partial charge is 0.00147 e. The third-order valence-corrected chi connectivity index (χ3v) is 27.0. The molecule has 1 radical (unpaired) electrons. The fraction of sp³-hybridized carbons (Fsp3) is 0.213. The van der Waals surface area contributed by atoms with E-state index in [1.807, 2.05) is 95.7 Å². The van der Waals surface area contributed by atoms with Gasteiger partial charge < -0.3 is 61.1 Å². The van der Waals surface area contributed by atoms with E-state index in [9.17, 15) is 0 Å². The number of hydrogen-bond donors (Lipinski definition) is 8. The van der Waals surface area contributed by atoms with Crippen LogP contribution in [0.25, 0.3) is 66.8 Å². The molecule has 0 amide bonds. The van der Waals surface area contributed by atoms with E-state index in [4.69, 9.17) is 56.4 Å². The van der Waals surface area contributed by atoms with E-state index in [1.165, 1.54) is 107 Å². The molecule has 0 spiro atoms. The summed E-state index contributed by atoms with van der Waals surface area (Å²) in [7, 11) is 6.11. The Hall–Kier alpha value is -5.07. The molecular formula is C89H97B2Br5ClN4O9S8. The first-order valence-electron chi connectivity index (χ1n) is 36.5. The van der Waals surface area contributed by atoms with Gasteiger partial charge in [0.15, 0.2) is 6.29 Å². The fourth-order valence-electron chi connectivity index (χ4n) is 11.2.